The largest absolute Gasteiger partial charge is 0.481 e. The Morgan fingerprint density at radius 2 is 1.76 bits per heavy atom. The van der Waals surface area contributed by atoms with Crippen LogP contribution in [0.5, 0.6) is 0 Å². The van der Waals surface area contributed by atoms with Crippen LogP contribution in [0.25, 0.3) is 0 Å². The van der Waals surface area contributed by atoms with Crippen molar-refractivity contribution in [2.24, 2.45) is 5.92 Å². The SMILES string of the molecule is O=C(O)C(Cc1cc(Cl)ccc1Cl)Cc1ccccc1Br. The smallest absolute Gasteiger partial charge is 0.307 e. The Labute approximate surface area is 141 Å². The maximum Gasteiger partial charge on any atom is 0.307 e. The Morgan fingerprint density at radius 3 is 2.43 bits per heavy atom. The minimum atomic E-state index is -0.846. The summed E-state index contributed by atoms with van der Waals surface area (Å²) in [5.74, 6) is -1.40. The van der Waals surface area contributed by atoms with E-state index in [0.29, 0.717) is 22.9 Å². The van der Waals surface area contributed by atoms with Gasteiger partial charge >= 0.3 is 5.97 Å². The molecule has 0 aliphatic rings. The van der Waals surface area contributed by atoms with E-state index in [2.05, 4.69) is 15.9 Å². The highest BCUT2D eigenvalue weighted by Gasteiger charge is 2.21. The van der Waals surface area contributed by atoms with Crippen LogP contribution in [0.2, 0.25) is 10.0 Å². The van der Waals surface area contributed by atoms with Gasteiger partial charge in [0.25, 0.3) is 0 Å². The van der Waals surface area contributed by atoms with E-state index >= 15 is 0 Å². The number of carboxylic acids is 1. The third kappa shape index (κ3) is 4.47. The summed E-state index contributed by atoms with van der Waals surface area (Å²) in [6, 6.07) is 12.7. The standard InChI is InChI=1S/C16H13BrCl2O2/c17-14-4-2-1-3-10(14)7-12(16(20)21)8-11-9-13(18)5-6-15(11)19/h1-6,9,12H,7-8H2,(H,20,21). The van der Waals surface area contributed by atoms with E-state index in [4.69, 9.17) is 23.2 Å². The summed E-state index contributed by atoms with van der Waals surface area (Å²) < 4.78 is 0.911. The summed E-state index contributed by atoms with van der Waals surface area (Å²) in [5, 5.41) is 10.6. The highest BCUT2D eigenvalue weighted by atomic mass is 79.9. The zero-order valence-corrected chi connectivity index (χ0v) is 14.1. The van der Waals surface area contributed by atoms with Crippen LogP contribution < -0.4 is 0 Å². The molecular formula is C16H13BrCl2O2. The van der Waals surface area contributed by atoms with Crippen molar-refractivity contribution < 1.29 is 9.90 Å². The maximum atomic E-state index is 11.5. The molecule has 0 radical (unpaired) electrons. The van der Waals surface area contributed by atoms with Gasteiger partial charge in [0.15, 0.2) is 0 Å². The second-order valence-corrected chi connectivity index (χ2v) is 6.47. The van der Waals surface area contributed by atoms with Crippen LogP contribution in [0, 0.1) is 5.92 Å². The average Bonchev–Trinajstić information content (AvgIpc) is 2.44. The first kappa shape index (κ1) is 16.3. The lowest BCUT2D eigenvalue weighted by molar-refractivity contribution is -0.141. The summed E-state index contributed by atoms with van der Waals surface area (Å²) in [7, 11) is 0. The number of benzene rings is 2. The Hall–Kier alpha value is -1.03. The first-order valence-electron chi connectivity index (χ1n) is 6.37. The number of carbonyl (C=O) groups is 1. The van der Waals surface area contributed by atoms with Crippen molar-refractivity contribution >= 4 is 45.1 Å². The molecule has 2 rings (SSSR count). The Bertz CT molecular complexity index is 658. The van der Waals surface area contributed by atoms with Gasteiger partial charge in [-0.15, -0.1) is 0 Å². The van der Waals surface area contributed by atoms with Crippen LogP contribution in [-0.2, 0) is 17.6 Å². The summed E-state index contributed by atoms with van der Waals surface area (Å²) >= 11 is 15.5. The van der Waals surface area contributed by atoms with Gasteiger partial charge in [-0.2, -0.15) is 0 Å². The molecule has 0 bridgehead atoms. The summed E-state index contributed by atoms with van der Waals surface area (Å²) in [6.45, 7) is 0. The average molecular weight is 388 g/mol. The molecule has 2 aromatic carbocycles. The predicted molar refractivity (Wildman–Crippen MR) is 89.1 cm³/mol. The Balaban J connectivity index is 2.22. The molecule has 21 heavy (non-hydrogen) atoms. The topological polar surface area (TPSA) is 37.3 Å². The van der Waals surface area contributed by atoms with Crippen molar-refractivity contribution in [1.82, 2.24) is 0 Å². The van der Waals surface area contributed by atoms with Gasteiger partial charge in [0.2, 0.25) is 0 Å². The quantitative estimate of drug-likeness (QED) is 0.761. The third-order valence-electron chi connectivity index (χ3n) is 3.25. The van der Waals surface area contributed by atoms with E-state index in [0.717, 1.165) is 15.6 Å². The van der Waals surface area contributed by atoms with Gasteiger partial charge in [-0.3, -0.25) is 4.79 Å². The lowest BCUT2D eigenvalue weighted by Gasteiger charge is -2.14. The molecule has 0 aliphatic heterocycles. The van der Waals surface area contributed by atoms with Crippen LogP contribution in [-0.4, -0.2) is 11.1 Å². The molecule has 1 unspecified atom stereocenters. The number of rotatable bonds is 5. The highest BCUT2D eigenvalue weighted by molar-refractivity contribution is 9.10. The minimum Gasteiger partial charge on any atom is -0.481 e. The fourth-order valence-corrected chi connectivity index (χ4v) is 2.98. The summed E-state index contributed by atoms with van der Waals surface area (Å²) in [4.78, 5) is 11.5. The molecule has 0 saturated heterocycles. The fraction of sp³-hybridized carbons (Fsp3) is 0.188. The molecule has 110 valence electrons. The monoisotopic (exact) mass is 386 g/mol. The van der Waals surface area contributed by atoms with Crippen LogP contribution >= 0.6 is 39.1 Å². The van der Waals surface area contributed by atoms with Gasteiger partial charge < -0.3 is 5.11 Å². The number of carboxylic acid groups (broad SMARTS) is 1. The number of aliphatic carboxylic acids is 1. The van der Waals surface area contributed by atoms with E-state index in [1.165, 1.54) is 0 Å². The van der Waals surface area contributed by atoms with Gasteiger partial charge in [-0.25, -0.2) is 0 Å². The maximum absolute atomic E-state index is 11.5. The lowest BCUT2D eigenvalue weighted by Crippen LogP contribution is -2.19. The zero-order valence-electron chi connectivity index (χ0n) is 11.0. The Morgan fingerprint density at radius 1 is 1.10 bits per heavy atom. The molecule has 0 fully saturated rings. The minimum absolute atomic E-state index is 0.343. The molecule has 0 heterocycles. The molecule has 0 aromatic heterocycles. The molecule has 0 amide bonds. The molecule has 5 heteroatoms. The van der Waals surface area contributed by atoms with Crippen LogP contribution in [0.15, 0.2) is 46.9 Å². The molecule has 0 spiro atoms. The van der Waals surface area contributed by atoms with Crippen LogP contribution in [0.4, 0.5) is 0 Å². The van der Waals surface area contributed by atoms with Crippen molar-refractivity contribution in [1.29, 1.82) is 0 Å². The molecule has 0 aliphatic carbocycles. The lowest BCUT2D eigenvalue weighted by atomic mass is 9.92. The first-order valence-corrected chi connectivity index (χ1v) is 7.92. The van der Waals surface area contributed by atoms with E-state index in [9.17, 15) is 9.90 Å². The Kier molecular flexibility index (Phi) is 5.68. The second-order valence-electron chi connectivity index (χ2n) is 4.77. The third-order valence-corrected chi connectivity index (χ3v) is 4.62. The summed E-state index contributed by atoms with van der Waals surface area (Å²) in [6.07, 6.45) is 0.773. The number of hydrogen-bond donors (Lipinski definition) is 1. The van der Waals surface area contributed by atoms with Crippen molar-refractivity contribution in [3.05, 3.63) is 68.1 Å². The van der Waals surface area contributed by atoms with Crippen molar-refractivity contribution in [3.8, 4) is 0 Å². The van der Waals surface area contributed by atoms with E-state index in [1.54, 1.807) is 18.2 Å². The highest BCUT2D eigenvalue weighted by Crippen LogP contribution is 2.26. The van der Waals surface area contributed by atoms with E-state index in [1.807, 2.05) is 24.3 Å². The van der Waals surface area contributed by atoms with Crippen LogP contribution in [0.3, 0.4) is 0 Å². The number of hydrogen-bond acceptors (Lipinski definition) is 1. The van der Waals surface area contributed by atoms with Gasteiger partial charge in [-0.05, 0) is 48.2 Å². The second kappa shape index (κ2) is 7.30. The van der Waals surface area contributed by atoms with Crippen molar-refractivity contribution in [3.63, 3.8) is 0 Å². The molecular weight excluding hydrogens is 375 g/mol. The molecule has 0 saturated carbocycles. The van der Waals surface area contributed by atoms with Crippen LogP contribution in [0.1, 0.15) is 11.1 Å². The van der Waals surface area contributed by atoms with Crippen molar-refractivity contribution in [2.75, 3.05) is 0 Å². The summed E-state index contributed by atoms with van der Waals surface area (Å²) in [5.41, 5.74) is 1.71. The van der Waals surface area contributed by atoms with E-state index < -0.39 is 11.9 Å². The fourth-order valence-electron chi connectivity index (χ4n) is 2.14. The predicted octanol–water partition coefficient (Wildman–Crippen LogP) is 5.24. The molecule has 1 atom stereocenters. The molecule has 2 aromatic rings. The molecule has 2 nitrogen and oxygen atoms in total. The molecule has 1 N–H and O–H groups in total. The normalized spacial score (nSPS) is 12.1. The van der Waals surface area contributed by atoms with Gasteiger partial charge in [-0.1, -0.05) is 57.3 Å². The van der Waals surface area contributed by atoms with E-state index in [-0.39, 0.29) is 0 Å². The van der Waals surface area contributed by atoms with Crippen molar-refractivity contribution in [2.45, 2.75) is 12.8 Å². The number of halogens is 3. The zero-order chi connectivity index (χ0) is 15.4. The van der Waals surface area contributed by atoms with Gasteiger partial charge in [0, 0.05) is 14.5 Å². The van der Waals surface area contributed by atoms with Gasteiger partial charge in [0.1, 0.15) is 0 Å². The van der Waals surface area contributed by atoms with Gasteiger partial charge in [0.05, 0.1) is 5.92 Å². The first-order chi connectivity index (χ1) is 9.97.